The van der Waals surface area contributed by atoms with Crippen LogP contribution in [0.3, 0.4) is 0 Å². The van der Waals surface area contributed by atoms with E-state index in [2.05, 4.69) is 5.32 Å². The number of rotatable bonds is 2. The number of amides is 2. The van der Waals surface area contributed by atoms with Crippen LogP contribution in [0, 0.1) is 0 Å². The summed E-state index contributed by atoms with van der Waals surface area (Å²) in [6, 6.07) is 8.99. The van der Waals surface area contributed by atoms with Crippen LogP contribution < -0.4 is 10.2 Å². The highest BCUT2D eigenvalue weighted by Gasteiger charge is 2.20. The van der Waals surface area contributed by atoms with Crippen molar-refractivity contribution in [2.75, 3.05) is 11.9 Å². The van der Waals surface area contributed by atoms with Crippen molar-refractivity contribution < 1.29 is 14.0 Å². The zero-order chi connectivity index (χ0) is 13.4. The van der Waals surface area contributed by atoms with Gasteiger partial charge < -0.3 is 9.73 Å². The summed E-state index contributed by atoms with van der Waals surface area (Å²) in [6.45, 7) is 0.524. The summed E-state index contributed by atoms with van der Waals surface area (Å²) in [5, 5.41) is 2.78. The van der Waals surface area contributed by atoms with Crippen LogP contribution in [0.1, 0.15) is 16.1 Å². The molecule has 2 amide bonds. The van der Waals surface area contributed by atoms with Crippen molar-refractivity contribution in [3.63, 3.8) is 0 Å². The van der Waals surface area contributed by atoms with Gasteiger partial charge in [0.1, 0.15) is 5.76 Å². The Morgan fingerprint density at radius 2 is 2.16 bits per heavy atom. The summed E-state index contributed by atoms with van der Waals surface area (Å²) >= 11 is 0. The molecule has 1 aliphatic heterocycles. The Morgan fingerprint density at radius 3 is 2.89 bits per heavy atom. The number of benzene rings is 1. The molecule has 2 aromatic rings. The normalized spacial score (nSPS) is 13.9. The van der Waals surface area contributed by atoms with E-state index in [0.717, 1.165) is 16.8 Å². The standard InChI is InChI=1S/C14H12N2O3/c1-16-12-6-9(13-5-4-11(8-17)19-13)2-3-10(12)7-15-14(16)18/h2-6,8H,7H2,1H3,(H,15,18). The number of hydrogen-bond donors (Lipinski definition) is 1. The van der Waals surface area contributed by atoms with Gasteiger partial charge in [-0.25, -0.2) is 4.79 Å². The molecule has 0 saturated heterocycles. The van der Waals surface area contributed by atoms with Crippen molar-refractivity contribution >= 4 is 18.0 Å². The monoisotopic (exact) mass is 256 g/mol. The van der Waals surface area contributed by atoms with Crippen molar-refractivity contribution in [1.82, 2.24) is 5.32 Å². The molecular formula is C14H12N2O3. The van der Waals surface area contributed by atoms with Gasteiger partial charge in [0.05, 0.1) is 5.69 Å². The Balaban J connectivity index is 2.05. The van der Waals surface area contributed by atoms with Gasteiger partial charge in [0.25, 0.3) is 0 Å². The van der Waals surface area contributed by atoms with Gasteiger partial charge in [0.2, 0.25) is 0 Å². The Hall–Kier alpha value is -2.56. The van der Waals surface area contributed by atoms with Gasteiger partial charge in [0, 0.05) is 19.2 Å². The van der Waals surface area contributed by atoms with Crippen molar-refractivity contribution in [2.24, 2.45) is 0 Å². The zero-order valence-electron chi connectivity index (χ0n) is 10.3. The first-order chi connectivity index (χ1) is 9.19. The van der Waals surface area contributed by atoms with E-state index >= 15 is 0 Å². The molecule has 1 N–H and O–H groups in total. The second-order valence-electron chi connectivity index (χ2n) is 4.38. The molecule has 1 aliphatic rings. The number of hydrogen-bond acceptors (Lipinski definition) is 3. The number of aldehydes is 1. The minimum absolute atomic E-state index is 0.127. The number of nitrogens with one attached hydrogen (secondary N) is 1. The summed E-state index contributed by atoms with van der Waals surface area (Å²) in [4.78, 5) is 23.8. The van der Waals surface area contributed by atoms with E-state index in [1.54, 1.807) is 24.1 Å². The maximum absolute atomic E-state index is 11.6. The first-order valence-electron chi connectivity index (χ1n) is 5.89. The van der Waals surface area contributed by atoms with E-state index in [4.69, 9.17) is 4.42 Å². The minimum Gasteiger partial charge on any atom is -0.453 e. The van der Waals surface area contributed by atoms with Crippen molar-refractivity contribution in [2.45, 2.75) is 6.54 Å². The molecule has 0 bridgehead atoms. The fraction of sp³-hybridized carbons (Fsp3) is 0.143. The predicted molar refractivity (Wildman–Crippen MR) is 70.2 cm³/mol. The first-order valence-corrected chi connectivity index (χ1v) is 5.89. The Labute approximate surface area is 109 Å². The average Bonchev–Trinajstić information content (AvgIpc) is 2.92. The highest BCUT2D eigenvalue weighted by molar-refractivity contribution is 5.95. The first kappa shape index (κ1) is 11.5. The van der Waals surface area contributed by atoms with Crippen molar-refractivity contribution in [3.05, 3.63) is 41.7 Å². The van der Waals surface area contributed by atoms with Crippen LogP contribution >= 0.6 is 0 Å². The number of urea groups is 1. The second kappa shape index (κ2) is 4.28. The Kier molecular flexibility index (Phi) is 2.59. The molecule has 2 heterocycles. The molecule has 0 aliphatic carbocycles. The third kappa shape index (κ3) is 1.89. The van der Waals surface area contributed by atoms with E-state index in [1.807, 2.05) is 18.2 Å². The molecule has 5 heteroatoms. The molecule has 0 saturated carbocycles. The van der Waals surface area contributed by atoms with Crippen LogP contribution in [0.25, 0.3) is 11.3 Å². The molecule has 0 atom stereocenters. The Bertz CT molecular complexity index is 660. The number of fused-ring (bicyclic) bond motifs is 1. The lowest BCUT2D eigenvalue weighted by Gasteiger charge is -2.26. The maximum Gasteiger partial charge on any atom is 0.321 e. The lowest BCUT2D eigenvalue weighted by Crippen LogP contribution is -2.41. The van der Waals surface area contributed by atoms with E-state index in [1.165, 1.54) is 0 Å². The van der Waals surface area contributed by atoms with E-state index in [-0.39, 0.29) is 6.03 Å². The van der Waals surface area contributed by atoms with Gasteiger partial charge in [0.15, 0.2) is 12.0 Å². The smallest absolute Gasteiger partial charge is 0.321 e. The maximum atomic E-state index is 11.6. The van der Waals surface area contributed by atoms with Gasteiger partial charge in [-0.15, -0.1) is 0 Å². The van der Waals surface area contributed by atoms with Crippen LogP contribution in [0.4, 0.5) is 10.5 Å². The third-order valence-corrected chi connectivity index (χ3v) is 3.21. The second-order valence-corrected chi connectivity index (χ2v) is 4.38. The summed E-state index contributed by atoms with van der Waals surface area (Å²) in [5.41, 5.74) is 2.74. The fourth-order valence-corrected chi connectivity index (χ4v) is 2.15. The number of carbonyl (C=O) groups is 2. The molecule has 96 valence electrons. The highest BCUT2D eigenvalue weighted by Crippen LogP contribution is 2.30. The zero-order valence-corrected chi connectivity index (χ0v) is 10.3. The van der Waals surface area contributed by atoms with Crippen molar-refractivity contribution in [3.8, 4) is 11.3 Å². The van der Waals surface area contributed by atoms with Gasteiger partial charge in [-0.1, -0.05) is 12.1 Å². The fourth-order valence-electron chi connectivity index (χ4n) is 2.15. The molecule has 5 nitrogen and oxygen atoms in total. The third-order valence-electron chi connectivity index (χ3n) is 3.21. The largest absolute Gasteiger partial charge is 0.453 e. The molecule has 3 rings (SSSR count). The molecule has 0 radical (unpaired) electrons. The van der Waals surface area contributed by atoms with Crippen LogP contribution in [-0.2, 0) is 6.54 Å². The topological polar surface area (TPSA) is 62.6 Å². The lowest BCUT2D eigenvalue weighted by atomic mass is 10.1. The van der Waals surface area contributed by atoms with Gasteiger partial charge >= 0.3 is 6.03 Å². The summed E-state index contributed by atoms with van der Waals surface area (Å²) in [5.74, 6) is 0.906. The number of anilines is 1. The molecule has 1 aromatic carbocycles. The number of carbonyl (C=O) groups excluding carboxylic acids is 2. The van der Waals surface area contributed by atoms with Crippen LogP contribution in [0.5, 0.6) is 0 Å². The molecule has 0 fully saturated rings. The minimum atomic E-state index is -0.127. The Morgan fingerprint density at radius 1 is 1.32 bits per heavy atom. The lowest BCUT2D eigenvalue weighted by molar-refractivity contribution is 0.110. The van der Waals surface area contributed by atoms with Gasteiger partial charge in [-0.2, -0.15) is 0 Å². The molecule has 1 aromatic heterocycles. The number of furan rings is 1. The van der Waals surface area contributed by atoms with E-state index in [9.17, 15) is 9.59 Å². The van der Waals surface area contributed by atoms with Crippen molar-refractivity contribution in [1.29, 1.82) is 0 Å². The summed E-state index contributed by atoms with van der Waals surface area (Å²) in [6.07, 6.45) is 0.668. The molecule has 19 heavy (non-hydrogen) atoms. The number of nitrogens with zero attached hydrogens (tertiary/aromatic N) is 1. The van der Waals surface area contributed by atoms with Gasteiger partial charge in [-0.05, 0) is 23.8 Å². The van der Waals surface area contributed by atoms with Crippen LogP contribution in [0.2, 0.25) is 0 Å². The van der Waals surface area contributed by atoms with Gasteiger partial charge in [-0.3, -0.25) is 9.69 Å². The molecule has 0 unspecified atom stereocenters. The van der Waals surface area contributed by atoms with Crippen LogP contribution in [-0.4, -0.2) is 19.4 Å². The SMILES string of the molecule is CN1C(=O)NCc2ccc(-c3ccc(C=O)o3)cc21. The van der Waals surface area contributed by atoms with E-state index < -0.39 is 0 Å². The molecular weight excluding hydrogens is 244 g/mol. The average molecular weight is 256 g/mol. The summed E-state index contributed by atoms with van der Waals surface area (Å²) < 4.78 is 5.38. The summed E-state index contributed by atoms with van der Waals surface area (Å²) in [7, 11) is 1.72. The van der Waals surface area contributed by atoms with Crippen LogP contribution in [0.15, 0.2) is 34.7 Å². The predicted octanol–water partition coefficient (Wildman–Crippen LogP) is 2.42. The van der Waals surface area contributed by atoms with E-state index in [0.29, 0.717) is 24.4 Å². The highest BCUT2D eigenvalue weighted by atomic mass is 16.3. The molecule has 0 spiro atoms. The quantitative estimate of drug-likeness (QED) is 0.839.